The van der Waals surface area contributed by atoms with E-state index in [9.17, 15) is 22.4 Å². The molecular weight excluding hydrogens is 460 g/mol. The van der Waals surface area contributed by atoms with Gasteiger partial charge in [-0.3, -0.25) is 10.2 Å². The molecule has 2 atom stereocenters. The number of amidine groups is 1. The van der Waals surface area contributed by atoms with Gasteiger partial charge in [-0.05, 0) is 37.1 Å². The molecule has 0 radical (unpaired) electrons. The molecule has 2 aromatic rings. The van der Waals surface area contributed by atoms with Crippen molar-refractivity contribution in [2.75, 3.05) is 7.11 Å². The number of nitrogens with zero attached hydrogens (tertiary/aromatic N) is 2. The van der Waals surface area contributed by atoms with Crippen LogP contribution >= 0.6 is 11.8 Å². The normalized spacial score (nSPS) is 19.3. The molecule has 6 nitrogen and oxygen atoms in total. The minimum atomic E-state index is -3.64. The van der Waals surface area contributed by atoms with Crippen molar-refractivity contribution in [3.63, 3.8) is 0 Å². The van der Waals surface area contributed by atoms with Crippen LogP contribution in [0.1, 0.15) is 30.9 Å². The molecule has 33 heavy (non-hydrogen) atoms. The molecule has 0 aromatic heterocycles. The Morgan fingerprint density at radius 2 is 1.94 bits per heavy atom. The van der Waals surface area contributed by atoms with E-state index in [-0.39, 0.29) is 17.0 Å². The molecule has 1 unspecified atom stereocenters. The summed E-state index contributed by atoms with van der Waals surface area (Å²) in [4.78, 5) is 11.7. The molecule has 1 amide bonds. The van der Waals surface area contributed by atoms with Gasteiger partial charge in [0.15, 0.2) is 5.84 Å². The fourth-order valence-electron chi connectivity index (χ4n) is 3.31. The van der Waals surface area contributed by atoms with Crippen LogP contribution in [-0.2, 0) is 14.4 Å². The Morgan fingerprint density at radius 3 is 2.55 bits per heavy atom. The molecule has 0 spiro atoms. The van der Waals surface area contributed by atoms with Crippen molar-refractivity contribution in [3.05, 3.63) is 71.3 Å². The van der Waals surface area contributed by atoms with Crippen molar-refractivity contribution < 1.29 is 27.1 Å². The van der Waals surface area contributed by atoms with E-state index in [1.54, 1.807) is 30.3 Å². The largest absolute Gasteiger partial charge is 0.383 e. The molecule has 0 fully saturated rings. The van der Waals surface area contributed by atoms with E-state index < -0.39 is 46.7 Å². The molecule has 1 aliphatic heterocycles. The lowest BCUT2D eigenvalue weighted by Gasteiger charge is -2.37. The van der Waals surface area contributed by atoms with Gasteiger partial charge in [0, 0.05) is 19.1 Å². The van der Waals surface area contributed by atoms with Gasteiger partial charge in [-0.15, -0.1) is 0 Å². The number of alkyl halides is 2. The van der Waals surface area contributed by atoms with Gasteiger partial charge in [-0.2, -0.15) is 13.9 Å². The molecule has 0 bridgehead atoms. The summed E-state index contributed by atoms with van der Waals surface area (Å²) in [5, 5.41) is 12.4. The molecule has 3 N–H and O–H groups in total. The summed E-state index contributed by atoms with van der Waals surface area (Å²) in [5.74, 6) is -7.12. The minimum absolute atomic E-state index is 0.0568. The van der Waals surface area contributed by atoms with Crippen LogP contribution in [0.4, 0.5) is 17.6 Å². The third kappa shape index (κ3) is 4.88. The Kier molecular flexibility index (Phi) is 7.13. The van der Waals surface area contributed by atoms with Crippen LogP contribution in [0, 0.1) is 17.0 Å². The van der Waals surface area contributed by atoms with Crippen LogP contribution in [0.2, 0.25) is 0 Å². The van der Waals surface area contributed by atoms with Gasteiger partial charge in [-0.1, -0.05) is 42.1 Å². The summed E-state index contributed by atoms with van der Waals surface area (Å²) in [7, 11) is 1.30. The molecule has 176 valence electrons. The maximum absolute atomic E-state index is 14.6. The van der Waals surface area contributed by atoms with Crippen molar-refractivity contribution in [3.8, 4) is 0 Å². The van der Waals surface area contributed by atoms with E-state index >= 15 is 0 Å². The molecule has 2 aromatic carbocycles. The molecule has 0 aliphatic carbocycles. The number of nitrogens with two attached hydrogens (primary N) is 1. The number of benzene rings is 2. The van der Waals surface area contributed by atoms with E-state index in [0.717, 1.165) is 35.0 Å². The van der Waals surface area contributed by atoms with Crippen molar-refractivity contribution in [2.45, 2.75) is 36.7 Å². The fraction of sp³-hybridized carbons (Fsp3) is 0.318. The van der Waals surface area contributed by atoms with Gasteiger partial charge in [0.2, 0.25) is 0 Å². The van der Waals surface area contributed by atoms with Gasteiger partial charge in [0.25, 0.3) is 5.91 Å². The average Bonchev–Trinajstić information content (AvgIpc) is 3.19. The zero-order chi connectivity index (χ0) is 24.4. The molecule has 11 heteroatoms. The highest BCUT2D eigenvalue weighted by Crippen LogP contribution is 2.52. The van der Waals surface area contributed by atoms with E-state index in [1.807, 2.05) is 0 Å². The maximum atomic E-state index is 14.6. The maximum Gasteiger partial charge on any atom is 0.303 e. The highest BCUT2D eigenvalue weighted by Gasteiger charge is 2.51. The quantitative estimate of drug-likeness (QED) is 0.331. The van der Waals surface area contributed by atoms with Crippen LogP contribution in [0.15, 0.2) is 53.6 Å². The van der Waals surface area contributed by atoms with Crippen LogP contribution in [0.5, 0.6) is 0 Å². The predicted molar refractivity (Wildman–Crippen MR) is 118 cm³/mol. The number of amides is 1. The van der Waals surface area contributed by atoms with E-state index in [1.165, 1.54) is 14.0 Å². The second kappa shape index (κ2) is 9.52. The first-order valence-electron chi connectivity index (χ1n) is 9.89. The summed E-state index contributed by atoms with van der Waals surface area (Å²) in [6.07, 6.45) is -2.27. The Bertz CT molecular complexity index is 1080. The standard InChI is InChI=1S/C22H22F4N4O2S/c1-13(32-2)19(31)30-22(14-6-4-3-5-7-14,11-10-21(25,26)20(27)28)33-18(29-30)16-12-15(23)8-9-17(16)24/h3-9,12-13H,10-11H2,1-2H3,(H3,27,28)/t13-,22?/m0/s1. The number of hydrogen-bond acceptors (Lipinski definition) is 5. The first kappa shape index (κ1) is 24.7. The van der Waals surface area contributed by atoms with E-state index in [4.69, 9.17) is 15.9 Å². The molecule has 3 rings (SSSR count). The smallest absolute Gasteiger partial charge is 0.303 e. The number of hydrazone groups is 1. The topological polar surface area (TPSA) is 91.8 Å². The number of rotatable bonds is 8. The van der Waals surface area contributed by atoms with Gasteiger partial charge >= 0.3 is 5.92 Å². The summed E-state index contributed by atoms with van der Waals surface area (Å²) >= 11 is 0.852. The minimum Gasteiger partial charge on any atom is -0.383 e. The molecule has 1 heterocycles. The van der Waals surface area contributed by atoms with Gasteiger partial charge in [0.1, 0.15) is 27.7 Å². The Labute approximate surface area is 192 Å². The lowest BCUT2D eigenvalue weighted by molar-refractivity contribution is -0.145. The predicted octanol–water partition coefficient (Wildman–Crippen LogP) is 4.44. The van der Waals surface area contributed by atoms with E-state index in [0.29, 0.717) is 5.56 Å². The summed E-state index contributed by atoms with van der Waals surface area (Å²) in [6, 6.07) is 11.0. The van der Waals surface area contributed by atoms with Crippen LogP contribution in [0.3, 0.4) is 0 Å². The molecule has 0 saturated heterocycles. The fourth-order valence-corrected chi connectivity index (χ4v) is 4.69. The van der Waals surface area contributed by atoms with Crippen LogP contribution in [0.25, 0.3) is 0 Å². The average molecular weight is 483 g/mol. The monoisotopic (exact) mass is 482 g/mol. The first-order chi connectivity index (χ1) is 15.5. The zero-order valence-corrected chi connectivity index (χ0v) is 18.6. The number of carbonyl (C=O) groups is 1. The van der Waals surface area contributed by atoms with Crippen molar-refractivity contribution in [1.82, 2.24) is 5.01 Å². The summed E-state index contributed by atoms with van der Waals surface area (Å²) in [5.41, 5.74) is 5.28. The zero-order valence-electron chi connectivity index (χ0n) is 17.8. The number of hydrogen-bond donors (Lipinski definition) is 2. The SMILES string of the molecule is CO[C@@H](C)C(=O)N1N=C(c2cc(F)ccc2F)SC1(CCC(F)(F)C(=N)N)c1ccccc1. The lowest BCUT2D eigenvalue weighted by Crippen LogP contribution is -2.47. The van der Waals surface area contributed by atoms with E-state index in [2.05, 4.69) is 5.10 Å². The number of carbonyl (C=O) groups excluding carboxylic acids is 1. The van der Waals surface area contributed by atoms with Crippen LogP contribution in [-0.4, -0.2) is 40.9 Å². The highest BCUT2D eigenvalue weighted by molar-refractivity contribution is 8.15. The van der Waals surface area contributed by atoms with Gasteiger partial charge in [0.05, 0.1) is 0 Å². The number of nitrogens with one attached hydrogen (secondary N) is 1. The Morgan fingerprint density at radius 1 is 1.27 bits per heavy atom. The third-order valence-electron chi connectivity index (χ3n) is 5.26. The molecule has 1 aliphatic rings. The van der Waals surface area contributed by atoms with Crippen LogP contribution < -0.4 is 5.73 Å². The molecular formula is C22H22F4N4O2S. The lowest BCUT2D eigenvalue weighted by atomic mass is 9.97. The number of ether oxygens (including phenoxy) is 1. The highest BCUT2D eigenvalue weighted by atomic mass is 32.2. The Hall–Kier alpha value is -2.92. The number of halogens is 4. The second-order valence-corrected chi connectivity index (χ2v) is 8.69. The van der Waals surface area contributed by atoms with Crippen molar-refractivity contribution in [2.24, 2.45) is 10.8 Å². The molecule has 0 saturated carbocycles. The summed E-state index contributed by atoms with van der Waals surface area (Å²) in [6.45, 7) is 1.46. The number of methoxy groups -OCH3 is 1. The number of thioether (sulfide) groups is 1. The third-order valence-corrected chi connectivity index (χ3v) is 6.71. The van der Waals surface area contributed by atoms with Gasteiger partial charge < -0.3 is 10.5 Å². The second-order valence-electron chi connectivity index (χ2n) is 7.43. The van der Waals surface area contributed by atoms with Gasteiger partial charge in [-0.25, -0.2) is 13.8 Å². The van der Waals surface area contributed by atoms with Crippen molar-refractivity contribution >= 4 is 28.5 Å². The first-order valence-corrected chi connectivity index (χ1v) is 10.7. The van der Waals surface area contributed by atoms with Crippen molar-refractivity contribution in [1.29, 1.82) is 5.41 Å². The summed E-state index contributed by atoms with van der Waals surface area (Å²) < 4.78 is 62.2. The Balaban J connectivity index is 2.17.